The lowest BCUT2D eigenvalue weighted by Gasteiger charge is -2.35. The van der Waals surface area contributed by atoms with Crippen molar-refractivity contribution >= 4 is 5.91 Å². The van der Waals surface area contributed by atoms with E-state index in [1.54, 1.807) is 13.0 Å². The number of halogens is 1. The first-order chi connectivity index (χ1) is 8.49. The maximum absolute atomic E-state index is 13.0. The first-order valence-electron chi connectivity index (χ1n) is 6.54. The lowest BCUT2D eigenvalue weighted by molar-refractivity contribution is 0.0626. The van der Waals surface area contributed by atoms with Crippen LogP contribution in [0.5, 0.6) is 0 Å². The van der Waals surface area contributed by atoms with Crippen molar-refractivity contribution in [1.82, 2.24) is 4.90 Å². The van der Waals surface area contributed by atoms with E-state index in [-0.39, 0.29) is 11.7 Å². The van der Waals surface area contributed by atoms with E-state index in [1.165, 1.54) is 12.1 Å². The molecule has 2 unspecified atom stereocenters. The molecule has 1 fully saturated rings. The van der Waals surface area contributed by atoms with Crippen molar-refractivity contribution in [2.75, 3.05) is 13.1 Å². The number of rotatable bonds is 1. The molecule has 0 aromatic heterocycles. The minimum absolute atomic E-state index is 0.0336. The second-order valence-electron chi connectivity index (χ2n) is 5.45. The maximum Gasteiger partial charge on any atom is 0.254 e. The van der Waals surface area contributed by atoms with Crippen molar-refractivity contribution in [3.63, 3.8) is 0 Å². The second-order valence-corrected chi connectivity index (χ2v) is 5.45. The van der Waals surface area contributed by atoms with E-state index in [2.05, 4.69) is 13.8 Å². The zero-order valence-corrected chi connectivity index (χ0v) is 11.2. The van der Waals surface area contributed by atoms with Gasteiger partial charge in [-0.25, -0.2) is 4.39 Å². The number of carbonyl (C=O) groups excluding carboxylic acids is 1. The summed E-state index contributed by atoms with van der Waals surface area (Å²) in [6.45, 7) is 7.81. The van der Waals surface area contributed by atoms with Gasteiger partial charge in [0.1, 0.15) is 5.82 Å². The van der Waals surface area contributed by atoms with Crippen LogP contribution < -0.4 is 0 Å². The zero-order valence-electron chi connectivity index (χ0n) is 11.2. The molecule has 98 valence electrons. The Morgan fingerprint density at radius 1 is 1.33 bits per heavy atom. The van der Waals surface area contributed by atoms with Gasteiger partial charge in [-0.1, -0.05) is 13.8 Å². The Morgan fingerprint density at radius 3 is 2.67 bits per heavy atom. The first-order valence-corrected chi connectivity index (χ1v) is 6.54. The molecule has 1 aliphatic heterocycles. The number of amides is 1. The molecular formula is C15H20FNO. The summed E-state index contributed by atoms with van der Waals surface area (Å²) in [5.41, 5.74) is 1.34. The molecule has 1 aromatic rings. The van der Waals surface area contributed by atoms with Crippen LogP contribution in [-0.2, 0) is 0 Å². The van der Waals surface area contributed by atoms with Gasteiger partial charge < -0.3 is 4.90 Å². The number of hydrogen-bond acceptors (Lipinski definition) is 1. The van der Waals surface area contributed by atoms with E-state index in [0.29, 0.717) is 23.0 Å². The number of carbonyl (C=O) groups is 1. The average Bonchev–Trinajstić information content (AvgIpc) is 2.32. The van der Waals surface area contributed by atoms with Crippen molar-refractivity contribution in [3.05, 3.63) is 35.1 Å². The smallest absolute Gasteiger partial charge is 0.254 e. The van der Waals surface area contributed by atoms with E-state index in [9.17, 15) is 9.18 Å². The zero-order chi connectivity index (χ0) is 13.3. The number of benzene rings is 1. The molecule has 0 bridgehead atoms. The SMILES string of the molecule is Cc1cc(F)ccc1C(=O)N1CCC(C)C(C)C1. The van der Waals surface area contributed by atoms with E-state index in [0.717, 1.165) is 19.5 Å². The van der Waals surface area contributed by atoms with Gasteiger partial charge in [-0.2, -0.15) is 0 Å². The first kappa shape index (κ1) is 13.1. The van der Waals surface area contributed by atoms with Crippen molar-refractivity contribution in [1.29, 1.82) is 0 Å². The summed E-state index contributed by atoms with van der Waals surface area (Å²) in [7, 11) is 0. The molecule has 2 rings (SSSR count). The average molecular weight is 249 g/mol. The maximum atomic E-state index is 13.0. The van der Waals surface area contributed by atoms with Gasteiger partial charge in [-0.3, -0.25) is 4.79 Å². The van der Waals surface area contributed by atoms with Gasteiger partial charge in [0.25, 0.3) is 5.91 Å². The highest BCUT2D eigenvalue weighted by molar-refractivity contribution is 5.95. The number of likely N-dealkylation sites (tertiary alicyclic amines) is 1. The topological polar surface area (TPSA) is 20.3 Å². The van der Waals surface area contributed by atoms with Gasteiger partial charge in [0, 0.05) is 18.7 Å². The molecule has 0 aliphatic carbocycles. The Kier molecular flexibility index (Phi) is 3.69. The van der Waals surface area contributed by atoms with Gasteiger partial charge in [-0.15, -0.1) is 0 Å². The normalized spacial score (nSPS) is 24.1. The number of aryl methyl sites for hydroxylation is 1. The fourth-order valence-corrected chi connectivity index (χ4v) is 2.48. The third-order valence-electron chi connectivity index (χ3n) is 4.04. The monoisotopic (exact) mass is 249 g/mol. The minimum Gasteiger partial charge on any atom is -0.338 e. The summed E-state index contributed by atoms with van der Waals surface area (Å²) in [6.07, 6.45) is 1.05. The van der Waals surface area contributed by atoms with E-state index in [1.807, 2.05) is 4.90 Å². The summed E-state index contributed by atoms with van der Waals surface area (Å²) < 4.78 is 13.0. The third-order valence-corrected chi connectivity index (χ3v) is 4.04. The summed E-state index contributed by atoms with van der Waals surface area (Å²) in [6, 6.07) is 4.37. The largest absolute Gasteiger partial charge is 0.338 e. The van der Waals surface area contributed by atoms with Crippen LogP contribution >= 0.6 is 0 Å². The van der Waals surface area contributed by atoms with E-state index in [4.69, 9.17) is 0 Å². The van der Waals surface area contributed by atoms with Crippen molar-refractivity contribution in [3.8, 4) is 0 Å². The van der Waals surface area contributed by atoms with Gasteiger partial charge in [0.2, 0.25) is 0 Å². The fourth-order valence-electron chi connectivity index (χ4n) is 2.48. The lowest BCUT2D eigenvalue weighted by Crippen LogP contribution is -2.42. The third kappa shape index (κ3) is 2.55. The van der Waals surface area contributed by atoms with Gasteiger partial charge >= 0.3 is 0 Å². The van der Waals surface area contributed by atoms with Crippen LogP contribution in [0.4, 0.5) is 4.39 Å². The molecular weight excluding hydrogens is 229 g/mol. The van der Waals surface area contributed by atoms with Crippen LogP contribution in [0.1, 0.15) is 36.2 Å². The Balaban J connectivity index is 2.16. The molecule has 2 nitrogen and oxygen atoms in total. The van der Waals surface area contributed by atoms with Crippen LogP contribution in [0, 0.1) is 24.6 Å². The quantitative estimate of drug-likeness (QED) is 0.748. The molecule has 1 aliphatic rings. The van der Waals surface area contributed by atoms with E-state index >= 15 is 0 Å². The molecule has 2 atom stereocenters. The second kappa shape index (κ2) is 5.09. The molecule has 1 aromatic carbocycles. The summed E-state index contributed by atoms with van der Waals surface area (Å²) in [5, 5.41) is 0. The van der Waals surface area contributed by atoms with Crippen molar-refractivity contribution in [2.24, 2.45) is 11.8 Å². The van der Waals surface area contributed by atoms with Crippen LogP contribution in [0.3, 0.4) is 0 Å². The Labute approximate surface area is 108 Å². The van der Waals surface area contributed by atoms with Crippen molar-refractivity contribution in [2.45, 2.75) is 27.2 Å². The van der Waals surface area contributed by atoms with Crippen LogP contribution in [0.25, 0.3) is 0 Å². The predicted octanol–water partition coefficient (Wildman–Crippen LogP) is 3.25. The summed E-state index contributed by atoms with van der Waals surface area (Å²) >= 11 is 0. The van der Waals surface area contributed by atoms with Crippen LogP contribution in [0.2, 0.25) is 0 Å². The van der Waals surface area contributed by atoms with Crippen LogP contribution in [0.15, 0.2) is 18.2 Å². The van der Waals surface area contributed by atoms with Crippen LogP contribution in [-0.4, -0.2) is 23.9 Å². The summed E-state index contributed by atoms with van der Waals surface area (Å²) in [4.78, 5) is 14.3. The molecule has 0 N–H and O–H groups in total. The highest BCUT2D eigenvalue weighted by Crippen LogP contribution is 2.24. The van der Waals surface area contributed by atoms with Gasteiger partial charge in [0.15, 0.2) is 0 Å². The Morgan fingerprint density at radius 2 is 2.06 bits per heavy atom. The molecule has 1 amide bonds. The standard InChI is InChI=1S/C15H20FNO/c1-10-6-7-17(9-12(10)3)15(18)14-5-4-13(16)8-11(14)2/h4-5,8,10,12H,6-7,9H2,1-3H3. The number of piperidine rings is 1. The number of hydrogen-bond donors (Lipinski definition) is 0. The summed E-state index contributed by atoms with van der Waals surface area (Å²) in [5.74, 6) is 0.947. The molecule has 1 saturated heterocycles. The van der Waals surface area contributed by atoms with Gasteiger partial charge in [-0.05, 0) is 48.9 Å². The fraction of sp³-hybridized carbons (Fsp3) is 0.533. The molecule has 1 heterocycles. The van der Waals surface area contributed by atoms with E-state index < -0.39 is 0 Å². The molecule has 0 spiro atoms. The highest BCUT2D eigenvalue weighted by Gasteiger charge is 2.27. The molecule has 0 radical (unpaired) electrons. The number of nitrogens with zero attached hydrogens (tertiary/aromatic N) is 1. The van der Waals surface area contributed by atoms with Crippen molar-refractivity contribution < 1.29 is 9.18 Å². The predicted molar refractivity (Wildman–Crippen MR) is 70.0 cm³/mol. The Hall–Kier alpha value is -1.38. The van der Waals surface area contributed by atoms with Gasteiger partial charge in [0.05, 0.1) is 0 Å². The highest BCUT2D eigenvalue weighted by atomic mass is 19.1. The molecule has 3 heteroatoms. The Bertz CT molecular complexity index is 458. The lowest BCUT2D eigenvalue weighted by atomic mass is 9.88. The molecule has 18 heavy (non-hydrogen) atoms. The minimum atomic E-state index is -0.287. The molecule has 0 saturated carbocycles.